The second kappa shape index (κ2) is 7.15. The van der Waals surface area contributed by atoms with E-state index in [1.807, 2.05) is 6.07 Å². The van der Waals surface area contributed by atoms with Crippen molar-refractivity contribution < 1.29 is 18.0 Å². The zero-order valence-corrected chi connectivity index (χ0v) is 12.2. The van der Waals surface area contributed by atoms with Crippen LogP contribution >= 0.6 is 0 Å². The molecule has 2 rings (SSSR count). The number of amides is 2. The number of carbonyl (C=O) groups excluding carboxylic acids is 1. The molecular weight excluding hydrogens is 307 g/mol. The van der Waals surface area contributed by atoms with Crippen LogP contribution in [0.3, 0.4) is 0 Å². The number of hydrogen-bond donors (Lipinski definition) is 3. The molecule has 0 saturated heterocycles. The van der Waals surface area contributed by atoms with Crippen LogP contribution in [0, 0.1) is 0 Å². The monoisotopic (exact) mass is 323 g/mol. The van der Waals surface area contributed by atoms with Crippen molar-refractivity contribution in [3.63, 3.8) is 0 Å². The van der Waals surface area contributed by atoms with Crippen molar-refractivity contribution in [2.45, 2.75) is 19.3 Å². The van der Waals surface area contributed by atoms with Crippen LogP contribution in [-0.2, 0) is 19.3 Å². The minimum atomic E-state index is -4.36. The molecule has 2 amide bonds. The normalized spacial score (nSPS) is 11.1. The van der Waals surface area contributed by atoms with Crippen LogP contribution in [-0.4, -0.2) is 6.03 Å². The van der Waals surface area contributed by atoms with E-state index in [0.717, 1.165) is 17.7 Å². The minimum absolute atomic E-state index is 0.126. The molecule has 0 aliphatic heterocycles. The van der Waals surface area contributed by atoms with Crippen LogP contribution in [0.15, 0.2) is 48.5 Å². The van der Waals surface area contributed by atoms with Gasteiger partial charge in [0, 0.05) is 18.8 Å². The zero-order chi connectivity index (χ0) is 16.9. The number of alkyl halides is 3. The lowest BCUT2D eigenvalue weighted by Crippen LogP contribution is -2.28. The first kappa shape index (κ1) is 16.8. The Morgan fingerprint density at radius 3 is 2.35 bits per heavy atom. The highest BCUT2D eigenvalue weighted by Gasteiger charge is 2.29. The van der Waals surface area contributed by atoms with Gasteiger partial charge in [0.1, 0.15) is 0 Å². The van der Waals surface area contributed by atoms with Gasteiger partial charge in [-0.15, -0.1) is 0 Å². The molecule has 23 heavy (non-hydrogen) atoms. The lowest BCUT2D eigenvalue weighted by atomic mass is 10.1. The first-order valence-corrected chi connectivity index (χ1v) is 6.88. The summed E-state index contributed by atoms with van der Waals surface area (Å²) in [7, 11) is 0. The van der Waals surface area contributed by atoms with Crippen molar-refractivity contribution in [3.8, 4) is 0 Å². The third-order valence-corrected chi connectivity index (χ3v) is 3.15. The van der Waals surface area contributed by atoms with Crippen LogP contribution in [0.4, 0.5) is 23.7 Å². The summed E-state index contributed by atoms with van der Waals surface area (Å²) < 4.78 is 37.3. The van der Waals surface area contributed by atoms with E-state index in [1.165, 1.54) is 12.1 Å². The topological polar surface area (TPSA) is 67.1 Å². The van der Waals surface area contributed by atoms with Gasteiger partial charge < -0.3 is 16.4 Å². The summed E-state index contributed by atoms with van der Waals surface area (Å²) in [6, 6.07) is 11.3. The number of anilines is 1. The van der Waals surface area contributed by atoms with E-state index in [0.29, 0.717) is 17.8 Å². The van der Waals surface area contributed by atoms with Crippen molar-refractivity contribution in [3.05, 3.63) is 65.2 Å². The average Bonchev–Trinajstić information content (AvgIpc) is 2.52. The summed E-state index contributed by atoms with van der Waals surface area (Å²) in [4.78, 5) is 11.8. The molecule has 2 aromatic rings. The van der Waals surface area contributed by atoms with E-state index >= 15 is 0 Å². The summed E-state index contributed by atoms with van der Waals surface area (Å²) in [5.41, 5.74) is 6.85. The van der Waals surface area contributed by atoms with Gasteiger partial charge in [0.05, 0.1) is 5.56 Å². The van der Waals surface area contributed by atoms with Gasteiger partial charge in [-0.05, 0) is 35.4 Å². The Morgan fingerprint density at radius 2 is 1.74 bits per heavy atom. The van der Waals surface area contributed by atoms with E-state index < -0.39 is 17.8 Å². The molecule has 4 nitrogen and oxygen atoms in total. The Morgan fingerprint density at radius 1 is 1.04 bits per heavy atom. The number of benzene rings is 2. The molecule has 0 radical (unpaired) electrons. The first-order chi connectivity index (χ1) is 10.9. The highest BCUT2D eigenvalue weighted by Crippen LogP contribution is 2.29. The predicted octanol–water partition coefficient (Wildman–Crippen LogP) is 3.49. The number of nitrogens with two attached hydrogens (primary N) is 1. The summed E-state index contributed by atoms with van der Waals surface area (Å²) in [6.45, 7) is 0.489. The van der Waals surface area contributed by atoms with Crippen molar-refractivity contribution >= 4 is 11.7 Å². The van der Waals surface area contributed by atoms with Gasteiger partial charge in [0.2, 0.25) is 0 Å². The van der Waals surface area contributed by atoms with Gasteiger partial charge in [0.15, 0.2) is 0 Å². The van der Waals surface area contributed by atoms with Gasteiger partial charge in [-0.1, -0.05) is 24.3 Å². The maximum Gasteiger partial charge on any atom is 0.416 e. The third kappa shape index (κ3) is 5.00. The maximum atomic E-state index is 12.4. The molecule has 0 saturated carbocycles. The second-order valence-electron chi connectivity index (χ2n) is 4.91. The summed E-state index contributed by atoms with van der Waals surface area (Å²) in [5.74, 6) is 0. The number of rotatable bonds is 4. The van der Waals surface area contributed by atoms with E-state index in [9.17, 15) is 18.0 Å². The zero-order valence-electron chi connectivity index (χ0n) is 12.2. The largest absolute Gasteiger partial charge is 0.416 e. The SMILES string of the molecule is NCc1cccc(NC(=O)NCc2ccc(C(F)(F)F)cc2)c1. The standard InChI is InChI=1S/C16H16F3N3O/c17-16(18,19)13-6-4-11(5-7-13)10-21-15(23)22-14-3-1-2-12(8-14)9-20/h1-8H,9-10,20H2,(H2,21,22,23). The maximum absolute atomic E-state index is 12.4. The lowest BCUT2D eigenvalue weighted by molar-refractivity contribution is -0.137. The fourth-order valence-electron chi connectivity index (χ4n) is 1.95. The fraction of sp³-hybridized carbons (Fsp3) is 0.188. The van der Waals surface area contributed by atoms with E-state index in [1.54, 1.807) is 18.2 Å². The number of halogens is 3. The summed E-state index contributed by atoms with van der Waals surface area (Å²) in [5, 5.41) is 5.22. The van der Waals surface area contributed by atoms with Crippen LogP contribution < -0.4 is 16.4 Å². The minimum Gasteiger partial charge on any atom is -0.334 e. The highest BCUT2D eigenvalue weighted by atomic mass is 19.4. The number of hydrogen-bond acceptors (Lipinski definition) is 2. The Balaban J connectivity index is 1.89. The smallest absolute Gasteiger partial charge is 0.334 e. The molecule has 0 spiro atoms. The van der Waals surface area contributed by atoms with Gasteiger partial charge in [-0.3, -0.25) is 0 Å². The van der Waals surface area contributed by atoms with E-state index in [-0.39, 0.29) is 6.54 Å². The Bertz CT molecular complexity index is 669. The van der Waals surface area contributed by atoms with Crippen molar-refractivity contribution in [1.29, 1.82) is 0 Å². The Hall–Kier alpha value is -2.54. The van der Waals surface area contributed by atoms with Crippen LogP contribution in [0.2, 0.25) is 0 Å². The highest BCUT2D eigenvalue weighted by molar-refractivity contribution is 5.89. The molecule has 0 atom stereocenters. The molecule has 0 aromatic heterocycles. The average molecular weight is 323 g/mol. The van der Waals surface area contributed by atoms with Crippen molar-refractivity contribution in [2.75, 3.05) is 5.32 Å². The summed E-state index contributed by atoms with van der Waals surface area (Å²) in [6.07, 6.45) is -4.36. The molecular formula is C16H16F3N3O. The van der Waals surface area contributed by atoms with Crippen molar-refractivity contribution in [2.24, 2.45) is 5.73 Å². The van der Waals surface area contributed by atoms with E-state index in [4.69, 9.17) is 5.73 Å². The molecule has 2 aromatic carbocycles. The van der Waals surface area contributed by atoms with Crippen LogP contribution in [0.25, 0.3) is 0 Å². The lowest BCUT2D eigenvalue weighted by Gasteiger charge is -2.10. The molecule has 0 unspecified atom stereocenters. The van der Waals surface area contributed by atoms with Gasteiger partial charge in [-0.2, -0.15) is 13.2 Å². The number of nitrogens with one attached hydrogen (secondary N) is 2. The van der Waals surface area contributed by atoms with E-state index in [2.05, 4.69) is 10.6 Å². The fourth-order valence-corrected chi connectivity index (χ4v) is 1.95. The third-order valence-electron chi connectivity index (χ3n) is 3.15. The predicted molar refractivity (Wildman–Crippen MR) is 81.6 cm³/mol. The van der Waals surface area contributed by atoms with Crippen molar-refractivity contribution in [1.82, 2.24) is 5.32 Å². The molecule has 0 aliphatic carbocycles. The van der Waals surface area contributed by atoms with Crippen LogP contribution in [0.5, 0.6) is 0 Å². The molecule has 0 bridgehead atoms. The Labute approximate surface area is 131 Å². The van der Waals surface area contributed by atoms with Gasteiger partial charge in [0.25, 0.3) is 0 Å². The molecule has 0 aliphatic rings. The Kier molecular flexibility index (Phi) is 5.23. The molecule has 4 N–H and O–H groups in total. The van der Waals surface area contributed by atoms with Crippen LogP contribution in [0.1, 0.15) is 16.7 Å². The second-order valence-corrected chi connectivity index (χ2v) is 4.91. The number of carbonyl (C=O) groups is 1. The van der Waals surface area contributed by atoms with Gasteiger partial charge >= 0.3 is 12.2 Å². The molecule has 122 valence electrons. The molecule has 7 heteroatoms. The molecule has 0 fully saturated rings. The molecule has 0 heterocycles. The first-order valence-electron chi connectivity index (χ1n) is 6.88. The van der Waals surface area contributed by atoms with Gasteiger partial charge in [-0.25, -0.2) is 4.79 Å². The quantitative estimate of drug-likeness (QED) is 0.806. The number of urea groups is 1. The summed E-state index contributed by atoms with van der Waals surface area (Å²) >= 11 is 0.